The maximum Gasteiger partial charge on any atom is 0.273 e. The fraction of sp³-hybridized carbons (Fsp3) is 0.600. The Morgan fingerprint density at radius 3 is 2.35 bits per heavy atom. The van der Waals surface area contributed by atoms with Gasteiger partial charge in [-0.25, -0.2) is 5.84 Å². The molecule has 1 aromatic rings. The first-order valence-electron chi connectivity index (χ1n) is 9.59. The van der Waals surface area contributed by atoms with Crippen LogP contribution in [0.25, 0.3) is 0 Å². The normalized spacial score (nSPS) is 16.3. The van der Waals surface area contributed by atoms with Crippen molar-refractivity contribution in [3.63, 3.8) is 0 Å². The highest BCUT2D eigenvalue weighted by molar-refractivity contribution is 6.02. The van der Waals surface area contributed by atoms with Crippen LogP contribution >= 0.6 is 0 Å². The number of nitrogens with two attached hydrogens (primary N) is 2. The van der Waals surface area contributed by atoms with Gasteiger partial charge in [0.05, 0.1) is 11.9 Å². The molecule has 148 valence electrons. The lowest BCUT2D eigenvalue weighted by atomic mass is 9.75. The van der Waals surface area contributed by atoms with E-state index in [2.05, 4.69) is 24.1 Å². The topological polar surface area (TPSA) is 97.3 Å². The molecule has 0 atom stereocenters. The van der Waals surface area contributed by atoms with Crippen LogP contribution in [0.4, 0.5) is 5.69 Å². The zero-order valence-electron chi connectivity index (χ0n) is 17.2. The van der Waals surface area contributed by atoms with Gasteiger partial charge >= 0.3 is 0 Å². The summed E-state index contributed by atoms with van der Waals surface area (Å²) < 4.78 is 0. The van der Waals surface area contributed by atoms with Gasteiger partial charge < -0.3 is 16.1 Å². The van der Waals surface area contributed by atoms with Crippen LogP contribution < -0.4 is 16.9 Å². The van der Waals surface area contributed by atoms with Gasteiger partial charge in [0, 0.05) is 18.4 Å². The molecule has 26 heavy (non-hydrogen) atoms. The lowest BCUT2D eigenvalue weighted by Crippen LogP contribution is -2.41. The number of carbonyl (C=O) groups is 1. The van der Waals surface area contributed by atoms with Crippen molar-refractivity contribution in [1.82, 2.24) is 9.99 Å². The van der Waals surface area contributed by atoms with Crippen molar-refractivity contribution in [3.8, 4) is 0 Å². The van der Waals surface area contributed by atoms with E-state index in [-0.39, 0.29) is 17.6 Å². The molecule has 6 heteroatoms. The van der Waals surface area contributed by atoms with Crippen molar-refractivity contribution >= 4 is 11.6 Å². The predicted octanol–water partition coefficient (Wildman–Crippen LogP) is 4.02. The molecular weight excluding hydrogens is 326 g/mol. The summed E-state index contributed by atoms with van der Waals surface area (Å²) in [7, 11) is 0. The molecule has 1 heterocycles. The molecule has 1 aromatic heterocycles. The SMILES string of the molecule is CC.CC.CC1(C)CCC(N(N)/C=C(\N)C(=O)Nc2cccnc2)CC1. The highest BCUT2D eigenvalue weighted by Gasteiger charge is 2.28. The van der Waals surface area contributed by atoms with Crippen molar-refractivity contribution in [1.29, 1.82) is 0 Å². The molecule has 0 unspecified atom stereocenters. The monoisotopic (exact) mass is 363 g/mol. The zero-order valence-corrected chi connectivity index (χ0v) is 17.2. The second kappa shape index (κ2) is 12.3. The van der Waals surface area contributed by atoms with Gasteiger partial charge in [0.15, 0.2) is 0 Å². The van der Waals surface area contributed by atoms with E-state index in [0.29, 0.717) is 11.1 Å². The summed E-state index contributed by atoms with van der Waals surface area (Å²) in [5.41, 5.74) is 6.91. The Bertz CT molecular complexity index is 532. The van der Waals surface area contributed by atoms with Crippen molar-refractivity contribution < 1.29 is 4.79 Å². The highest BCUT2D eigenvalue weighted by Crippen LogP contribution is 2.36. The molecule has 0 spiro atoms. The number of nitrogens with zero attached hydrogens (tertiary/aromatic N) is 2. The Hall–Kier alpha value is -2.08. The maximum atomic E-state index is 12.0. The van der Waals surface area contributed by atoms with Crippen molar-refractivity contribution in [2.45, 2.75) is 73.3 Å². The lowest BCUT2D eigenvalue weighted by molar-refractivity contribution is -0.113. The number of anilines is 1. The molecule has 0 saturated heterocycles. The third-order valence-electron chi connectivity index (χ3n) is 4.20. The lowest BCUT2D eigenvalue weighted by Gasteiger charge is -2.37. The number of hydrogen-bond acceptors (Lipinski definition) is 5. The van der Waals surface area contributed by atoms with E-state index in [0.717, 1.165) is 25.7 Å². The summed E-state index contributed by atoms with van der Waals surface area (Å²) in [6, 6.07) is 3.73. The molecule has 6 nitrogen and oxygen atoms in total. The van der Waals surface area contributed by atoms with Crippen LogP contribution in [0.3, 0.4) is 0 Å². The molecular formula is C20H37N5O. The Balaban J connectivity index is 0.00000146. The minimum absolute atomic E-state index is 0.0937. The number of nitrogens with one attached hydrogen (secondary N) is 1. The third-order valence-corrected chi connectivity index (χ3v) is 4.20. The molecule has 0 radical (unpaired) electrons. The quantitative estimate of drug-likeness (QED) is 0.426. The largest absolute Gasteiger partial charge is 0.393 e. The van der Waals surface area contributed by atoms with Crippen molar-refractivity contribution in [3.05, 3.63) is 36.4 Å². The summed E-state index contributed by atoms with van der Waals surface area (Å²) in [6.45, 7) is 12.5. The molecule has 1 aliphatic carbocycles. The highest BCUT2D eigenvalue weighted by atomic mass is 16.2. The van der Waals surface area contributed by atoms with Gasteiger partial charge in [-0.1, -0.05) is 41.5 Å². The second-order valence-electron chi connectivity index (χ2n) is 6.62. The zero-order chi connectivity index (χ0) is 20.2. The first-order chi connectivity index (χ1) is 12.4. The molecule has 5 N–H and O–H groups in total. The number of hydrazine groups is 1. The molecule has 0 aromatic carbocycles. The summed E-state index contributed by atoms with van der Waals surface area (Å²) in [4.78, 5) is 16.0. The van der Waals surface area contributed by atoms with Crippen LogP contribution in [0.1, 0.15) is 67.2 Å². The molecule has 1 aliphatic rings. The van der Waals surface area contributed by atoms with Crippen LogP contribution in [0.2, 0.25) is 0 Å². The molecule has 1 saturated carbocycles. The Labute approximate surface area is 159 Å². The van der Waals surface area contributed by atoms with Gasteiger partial charge in [0.1, 0.15) is 5.70 Å². The Morgan fingerprint density at radius 1 is 1.27 bits per heavy atom. The van der Waals surface area contributed by atoms with Gasteiger partial charge in [0.25, 0.3) is 5.91 Å². The average molecular weight is 364 g/mol. The first kappa shape index (κ1) is 23.9. The fourth-order valence-electron chi connectivity index (χ4n) is 2.65. The number of hydrogen-bond donors (Lipinski definition) is 3. The van der Waals surface area contributed by atoms with Crippen molar-refractivity contribution in [2.24, 2.45) is 17.0 Å². The van der Waals surface area contributed by atoms with E-state index in [4.69, 9.17) is 11.6 Å². The number of carbonyl (C=O) groups excluding carboxylic acids is 1. The van der Waals surface area contributed by atoms with Crippen molar-refractivity contribution in [2.75, 3.05) is 5.32 Å². The summed E-state index contributed by atoms with van der Waals surface area (Å²) in [5.74, 6) is 5.68. The van der Waals surface area contributed by atoms with Crippen LogP contribution in [0.15, 0.2) is 36.4 Å². The van der Waals surface area contributed by atoms with Crippen LogP contribution in [0.5, 0.6) is 0 Å². The number of pyridine rings is 1. The third kappa shape index (κ3) is 8.34. The molecule has 2 rings (SSSR count). The Morgan fingerprint density at radius 2 is 1.85 bits per heavy atom. The predicted molar refractivity (Wildman–Crippen MR) is 110 cm³/mol. The molecule has 0 bridgehead atoms. The van der Waals surface area contributed by atoms with E-state index in [1.165, 1.54) is 6.20 Å². The maximum absolute atomic E-state index is 12.0. The minimum Gasteiger partial charge on any atom is -0.393 e. The number of rotatable bonds is 4. The standard InChI is InChI=1S/C16H25N5O.2C2H6/c1-16(2)7-5-13(6-8-16)21(18)11-14(17)15(22)20-12-4-3-9-19-10-12;2*1-2/h3-4,9-11,13H,5-8,17-18H2,1-2H3,(H,20,22);2*1-2H3/b14-11-;;. The van der Waals surface area contributed by atoms with Gasteiger partial charge in [-0.3, -0.25) is 9.78 Å². The molecule has 1 fully saturated rings. The van der Waals surface area contributed by atoms with E-state index >= 15 is 0 Å². The van der Waals surface area contributed by atoms with Crippen LogP contribution in [-0.2, 0) is 4.79 Å². The summed E-state index contributed by atoms with van der Waals surface area (Å²) in [5, 5.41) is 4.26. The smallest absolute Gasteiger partial charge is 0.273 e. The van der Waals surface area contributed by atoms with Gasteiger partial charge in [-0.15, -0.1) is 0 Å². The first-order valence-corrected chi connectivity index (χ1v) is 9.59. The Kier molecular flexibility index (Phi) is 11.3. The van der Waals surface area contributed by atoms with E-state index < -0.39 is 0 Å². The summed E-state index contributed by atoms with van der Waals surface area (Å²) >= 11 is 0. The fourth-order valence-corrected chi connectivity index (χ4v) is 2.65. The van der Waals surface area contributed by atoms with Gasteiger partial charge in [0.2, 0.25) is 0 Å². The number of amides is 1. The number of aromatic nitrogens is 1. The second-order valence-corrected chi connectivity index (χ2v) is 6.62. The molecule has 1 amide bonds. The van der Waals surface area contributed by atoms with Gasteiger partial charge in [-0.05, 0) is 43.2 Å². The van der Waals surface area contributed by atoms with Gasteiger partial charge in [-0.2, -0.15) is 0 Å². The van der Waals surface area contributed by atoms with Crippen LogP contribution in [-0.4, -0.2) is 21.9 Å². The summed E-state index contributed by atoms with van der Waals surface area (Å²) in [6.07, 6.45) is 9.00. The average Bonchev–Trinajstić information content (AvgIpc) is 2.65. The van der Waals surface area contributed by atoms with E-state index in [1.807, 2.05) is 27.7 Å². The van der Waals surface area contributed by atoms with E-state index in [1.54, 1.807) is 29.5 Å². The van der Waals surface area contributed by atoms with E-state index in [9.17, 15) is 4.79 Å². The molecule has 0 aliphatic heterocycles. The van der Waals surface area contributed by atoms with Crippen LogP contribution in [0, 0.1) is 5.41 Å². The minimum atomic E-state index is -0.375.